The molecule has 1 unspecified atom stereocenters. The van der Waals surface area contributed by atoms with E-state index in [9.17, 15) is 14.4 Å². The molecule has 1 aromatic heterocycles. The number of carbonyl (C=O) groups excluding carboxylic acids is 3. The van der Waals surface area contributed by atoms with Gasteiger partial charge in [-0.3, -0.25) is 19.3 Å². The Bertz CT molecular complexity index is 1010. The molecule has 0 saturated carbocycles. The van der Waals surface area contributed by atoms with Gasteiger partial charge in [-0.05, 0) is 44.2 Å². The second-order valence-corrected chi connectivity index (χ2v) is 9.03. The summed E-state index contributed by atoms with van der Waals surface area (Å²) >= 11 is 0. The maximum Gasteiger partial charge on any atom is 0.261 e. The Morgan fingerprint density at radius 1 is 0.969 bits per heavy atom. The zero-order valence-electron chi connectivity index (χ0n) is 18.3. The van der Waals surface area contributed by atoms with Crippen molar-refractivity contribution in [3.8, 4) is 0 Å². The van der Waals surface area contributed by atoms with Crippen LogP contribution in [0.2, 0.25) is 0 Å². The Kier molecular flexibility index (Phi) is 5.76. The molecule has 0 bridgehead atoms. The first kappa shape index (κ1) is 20.8. The molecule has 3 aliphatic heterocycles. The highest BCUT2D eigenvalue weighted by atomic mass is 16.2. The van der Waals surface area contributed by atoms with Gasteiger partial charge in [0.05, 0.1) is 11.1 Å². The quantitative estimate of drug-likeness (QED) is 0.674. The van der Waals surface area contributed by atoms with Crippen LogP contribution in [0.25, 0.3) is 0 Å². The van der Waals surface area contributed by atoms with Gasteiger partial charge in [0.1, 0.15) is 11.6 Å². The van der Waals surface area contributed by atoms with Crippen LogP contribution in [0.3, 0.4) is 0 Å². The molecule has 4 heterocycles. The molecule has 3 amide bonds. The van der Waals surface area contributed by atoms with Crippen molar-refractivity contribution in [1.29, 1.82) is 0 Å². The van der Waals surface area contributed by atoms with Crippen LogP contribution >= 0.6 is 0 Å². The van der Waals surface area contributed by atoms with Gasteiger partial charge in [-0.1, -0.05) is 18.6 Å². The fraction of sp³-hybridized carbons (Fsp3) is 0.542. The highest BCUT2D eigenvalue weighted by Crippen LogP contribution is 2.29. The van der Waals surface area contributed by atoms with Crippen LogP contribution in [0.5, 0.6) is 0 Å². The SMILES string of the molecule is O=C(CCCN1C(=O)c2ccccc2C1=O)N1CCCC(c2nnc3n2CCCCC3)C1. The molecule has 2 aromatic rings. The van der Waals surface area contributed by atoms with Gasteiger partial charge in [0.25, 0.3) is 11.8 Å². The molecule has 32 heavy (non-hydrogen) atoms. The standard InChI is InChI=1S/C24H29N5O3/c30-21(12-7-15-29-23(31)18-9-3-4-10-19(18)24(29)32)27-13-6-8-17(16-27)22-26-25-20-11-2-1-5-14-28(20)22/h3-4,9-10,17H,1-2,5-8,11-16H2. The van der Waals surface area contributed by atoms with Crippen LogP contribution < -0.4 is 0 Å². The summed E-state index contributed by atoms with van der Waals surface area (Å²) in [5.41, 5.74) is 0.908. The minimum atomic E-state index is -0.261. The number of aromatic nitrogens is 3. The maximum absolute atomic E-state index is 12.9. The summed E-state index contributed by atoms with van der Waals surface area (Å²) < 4.78 is 2.29. The molecule has 3 aliphatic rings. The summed E-state index contributed by atoms with van der Waals surface area (Å²) in [6.45, 7) is 2.67. The molecule has 1 fully saturated rings. The Balaban J connectivity index is 1.17. The van der Waals surface area contributed by atoms with Crippen LogP contribution in [0, 0.1) is 0 Å². The number of amides is 3. The average Bonchev–Trinajstić information content (AvgIpc) is 3.22. The second-order valence-electron chi connectivity index (χ2n) is 9.03. The van der Waals surface area contributed by atoms with E-state index in [2.05, 4.69) is 14.8 Å². The summed E-state index contributed by atoms with van der Waals surface area (Å²) in [7, 11) is 0. The Hall–Kier alpha value is -3.03. The molecular weight excluding hydrogens is 406 g/mol. The minimum Gasteiger partial charge on any atom is -0.342 e. The molecule has 168 valence electrons. The lowest BCUT2D eigenvalue weighted by molar-refractivity contribution is -0.132. The van der Waals surface area contributed by atoms with E-state index >= 15 is 0 Å². The highest BCUT2D eigenvalue weighted by Gasteiger charge is 2.35. The van der Waals surface area contributed by atoms with Crippen molar-refractivity contribution in [3.63, 3.8) is 0 Å². The first-order valence-electron chi connectivity index (χ1n) is 11.8. The zero-order chi connectivity index (χ0) is 22.1. The molecule has 1 saturated heterocycles. The summed E-state index contributed by atoms with van der Waals surface area (Å²) in [4.78, 5) is 41.1. The Morgan fingerprint density at radius 2 is 1.75 bits per heavy atom. The van der Waals surface area contributed by atoms with Crippen molar-refractivity contribution in [1.82, 2.24) is 24.6 Å². The summed E-state index contributed by atoms with van der Waals surface area (Å²) in [5.74, 6) is 1.91. The van der Waals surface area contributed by atoms with Gasteiger partial charge in [-0.2, -0.15) is 0 Å². The van der Waals surface area contributed by atoms with Gasteiger partial charge in [-0.15, -0.1) is 10.2 Å². The van der Waals surface area contributed by atoms with Crippen molar-refractivity contribution >= 4 is 17.7 Å². The smallest absolute Gasteiger partial charge is 0.261 e. The lowest BCUT2D eigenvalue weighted by Crippen LogP contribution is -2.40. The summed E-state index contributed by atoms with van der Waals surface area (Å²) in [6, 6.07) is 6.88. The number of likely N-dealkylation sites (tertiary alicyclic amines) is 1. The van der Waals surface area contributed by atoms with Gasteiger partial charge >= 0.3 is 0 Å². The van der Waals surface area contributed by atoms with E-state index < -0.39 is 0 Å². The number of hydrogen-bond donors (Lipinski definition) is 0. The monoisotopic (exact) mass is 435 g/mol. The van der Waals surface area contributed by atoms with Crippen molar-refractivity contribution in [2.24, 2.45) is 0 Å². The van der Waals surface area contributed by atoms with Crippen molar-refractivity contribution < 1.29 is 14.4 Å². The van der Waals surface area contributed by atoms with Gasteiger partial charge in [0.2, 0.25) is 5.91 Å². The predicted octanol–water partition coefficient (Wildman–Crippen LogP) is 2.79. The van der Waals surface area contributed by atoms with E-state index in [1.54, 1.807) is 24.3 Å². The van der Waals surface area contributed by atoms with E-state index in [-0.39, 0.29) is 30.2 Å². The summed E-state index contributed by atoms with van der Waals surface area (Å²) in [6.07, 6.45) is 7.33. The van der Waals surface area contributed by atoms with Gasteiger partial charge in [-0.25, -0.2) is 0 Å². The number of carbonyl (C=O) groups is 3. The Morgan fingerprint density at radius 3 is 2.53 bits per heavy atom. The lowest BCUT2D eigenvalue weighted by Gasteiger charge is -2.32. The van der Waals surface area contributed by atoms with Gasteiger partial charge < -0.3 is 9.47 Å². The number of rotatable bonds is 5. The molecule has 0 aliphatic carbocycles. The third kappa shape index (κ3) is 3.82. The van der Waals surface area contributed by atoms with E-state index in [0.717, 1.165) is 50.4 Å². The van der Waals surface area contributed by atoms with Crippen LogP contribution in [0.15, 0.2) is 24.3 Å². The maximum atomic E-state index is 12.9. The first-order valence-corrected chi connectivity index (χ1v) is 11.8. The zero-order valence-corrected chi connectivity index (χ0v) is 18.3. The van der Waals surface area contributed by atoms with E-state index in [1.807, 2.05) is 4.90 Å². The minimum absolute atomic E-state index is 0.0851. The summed E-state index contributed by atoms with van der Waals surface area (Å²) in [5, 5.41) is 8.93. The van der Waals surface area contributed by atoms with Crippen molar-refractivity contribution in [2.45, 2.75) is 63.8 Å². The molecule has 0 N–H and O–H groups in total. The number of benzene rings is 1. The topological polar surface area (TPSA) is 88.4 Å². The number of fused-ring (bicyclic) bond motifs is 2. The number of aryl methyl sites for hydroxylation is 1. The molecule has 0 spiro atoms. The van der Waals surface area contributed by atoms with Crippen LogP contribution in [-0.4, -0.2) is 61.9 Å². The number of imide groups is 1. The number of nitrogens with zero attached hydrogens (tertiary/aromatic N) is 5. The number of hydrogen-bond acceptors (Lipinski definition) is 5. The fourth-order valence-corrected chi connectivity index (χ4v) is 5.21. The van der Waals surface area contributed by atoms with E-state index in [0.29, 0.717) is 30.5 Å². The van der Waals surface area contributed by atoms with Crippen molar-refractivity contribution in [3.05, 3.63) is 47.0 Å². The molecule has 1 aromatic carbocycles. The van der Waals surface area contributed by atoms with Gasteiger partial charge in [0, 0.05) is 44.9 Å². The molecule has 0 radical (unpaired) electrons. The Labute approximate surface area is 187 Å². The number of piperidine rings is 1. The normalized spacial score (nSPS) is 20.8. The predicted molar refractivity (Wildman–Crippen MR) is 117 cm³/mol. The molecule has 8 nitrogen and oxygen atoms in total. The molecule has 8 heteroatoms. The van der Waals surface area contributed by atoms with E-state index in [1.165, 1.54) is 17.7 Å². The van der Waals surface area contributed by atoms with Gasteiger partial charge in [0.15, 0.2) is 0 Å². The highest BCUT2D eigenvalue weighted by molar-refractivity contribution is 6.21. The fourth-order valence-electron chi connectivity index (χ4n) is 5.21. The first-order chi connectivity index (χ1) is 15.6. The molecular formula is C24H29N5O3. The molecule has 1 atom stereocenters. The van der Waals surface area contributed by atoms with Crippen molar-refractivity contribution in [2.75, 3.05) is 19.6 Å². The van der Waals surface area contributed by atoms with Crippen LogP contribution in [0.4, 0.5) is 0 Å². The lowest BCUT2D eigenvalue weighted by atomic mass is 9.96. The van der Waals surface area contributed by atoms with E-state index in [4.69, 9.17) is 0 Å². The average molecular weight is 436 g/mol. The van der Waals surface area contributed by atoms with Crippen LogP contribution in [-0.2, 0) is 17.8 Å². The second kappa shape index (κ2) is 8.84. The van der Waals surface area contributed by atoms with Crippen LogP contribution in [0.1, 0.15) is 83.2 Å². The third-order valence-corrected chi connectivity index (χ3v) is 6.93. The third-order valence-electron chi connectivity index (χ3n) is 6.93. The largest absolute Gasteiger partial charge is 0.342 e. The molecule has 5 rings (SSSR count).